The molecule has 8 nitrogen and oxygen atoms in total. The molecule has 32 heavy (non-hydrogen) atoms. The average molecular weight is 455 g/mol. The van der Waals surface area contributed by atoms with Crippen molar-refractivity contribution in [2.24, 2.45) is 0 Å². The molecular weight excluding hydrogens is 432 g/mol. The number of amides is 4. The minimum absolute atomic E-state index is 0.310. The Morgan fingerprint density at radius 2 is 1.88 bits per heavy atom. The Labute approximate surface area is 190 Å². The highest BCUT2D eigenvalue weighted by Gasteiger charge is 2.52. The number of nitrogens with one attached hydrogen (secondary N) is 2. The molecular formula is C23H23ClN4O4. The summed E-state index contributed by atoms with van der Waals surface area (Å²) in [6.07, 6.45) is 7.45. The zero-order valence-corrected chi connectivity index (χ0v) is 18.1. The van der Waals surface area contributed by atoms with Crippen molar-refractivity contribution in [2.45, 2.75) is 43.7 Å². The summed E-state index contributed by atoms with van der Waals surface area (Å²) in [6, 6.07) is 9.72. The Balaban J connectivity index is 1.37. The van der Waals surface area contributed by atoms with Crippen LogP contribution in [0.3, 0.4) is 0 Å². The lowest BCUT2D eigenvalue weighted by Crippen LogP contribution is -2.50. The van der Waals surface area contributed by atoms with E-state index in [4.69, 9.17) is 16.0 Å². The monoisotopic (exact) mass is 454 g/mol. The van der Waals surface area contributed by atoms with Crippen molar-refractivity contribution in [3.63, 3.8) is 0 Å². The van der Waals surface area contributed by atoms with Gasteiger partial charge in [-0.2, -0.15) is 0 Å². The largest absolute Gasteiger partial charge is 0.467 e. The molecule has 3 heterocycles. The second-order valence-corrected chi connectivity index (χ2v) is 8.82. The number of hydrazine groups is 1. The molecule has 0 radical (unpaired) electrons. The SMILES string of the molecule is O=C1NC2(CCCCC2)C(=O)N1CC(=O)N1NC(c2ccc(Cl)cc2)=C[C@@H]1c1ccco1. The predicted molar refractivity (Wildman–Crippen MR) is 117 cm³/mol. The van der Waals surface area contributed by atoms with Crippen LogP contribution in [-0.4, -0.2) is 39.8 Å². The smallest absolute Gasteiger partial charge is 0.325 e. The van der Waals surface area contributed by atoms with E-state index in [0.717, 1.165) is 29.7 Å². The highest BCUT2D eigenvalue weighted by Crippen LogP contribution is 2.35. The number of imide groups is 1. The first kappa shape index (κ1) is 20.6. The van der Waals surface area contributed by atoms with Gasteiger partial charge in [-0.3, -0.25) is 19.9 Å². The average Bonchev–Trinajstić information content (AvgIpc) is 3.51. The number of furan rings is 1. The summed E-state index contributed by atoms with van der Waals surface area (Å²) >= 11 is 6.00. The first-order chi connectivity index (χ1) is 15.5. The van der Waals surface area contributed by atoms with Crippen LogP contribution in [0.5, 0.6) is 0 Å². The van der Waals surface area contributed by atoms with Crippen LogP contribution >= 0.6 is 11.6 Å². The van der Waals surface area contributed by atoms with Gasteiger partial charge in [-0.15, -0.1) is 0 Å². The number of halogens is 1. The third-order valence-electron chi connectivity index (χ3n) is 6.35. The van der Waals surface area contributed by atoms with Gasteiger partial charge in [0.2, 0.25) is 0 Å². The lowest BCUT2D eigenvalue weighted by atomic mass is 9.82. The Morgan fingerprint density at radius 3 is 2.56 bits per heavy atom. The molecule has 166 valence electrons. The third-order valence-corrected chi connectivity index (χ3v) is 6.60. The van der Waals surface area contributed by atoms with Crippen LogP contribution in [0.2, 0.25) is 5.02 Å². The highest BCUT2D eigenvalue weighted by molar-refractivity contribution is 6.30. The van der Waals surface area contributed by atoms with Crippen LogP contribution in [0.15, 0.2) is 53.2 Å². The molecule has 2 N–H and O–H groups in total. The molecule has 2 fully saturated rings. The first-order valence-corrected chi connectivity index (χ1v) is 11.1. The van der Waals surface area contributed by atoms with Crippen molar-refractivity contribution in [2.75, 3.05) is 6.54 Å². The molecule has 4 amide bonds. The molecule has 0 bridgehead atoms. The van der Waals surface area contributed by atoms with Gasteiger partial charge in [0.25, 0.3) is 11.8 Å². The molecule has 1 spiro atoms. The quantitative estimate of drug-likeness (QED) is 0.688. The molecule has 1 saturated carbocycles. The van der Waals surface area contributed by atoms with E-state index < -0.39 is 23.5 Å². The van der Waals surface area contributed by atoms with Crippen LogP contribution in [0, 0.1) is 0 Å². The maximum absolute atomic E-state index is 13.3. The van der Waals surface area contributed by atoms with Gasteiger partial charge in [-0.25, -0.2) is 9.80 Å². The number of carbonyl (C=O) groups is 3. The summed E-state index contributed by atoms with van der Waals surface area (Å²) in [6.45, 7) is -0.349. The van der Waals surface area contributed by atoms with Gasteiger partial charge in [0.05, 0.1) is 12.0 Å². The van der Waals surface area contributed by atoms with E-state index in [2.05, 4.69) is 10.7 Å². The number of urea groups is 1. The third kappa shape index (κ3) is 3.54. The molecule has 9 heteroatoms. The van der Waals surface area contributed by atoms with Gasteiger partial charge in [0.1, 0.15) is 23.9 Å². The zero-order valence-electron chi connectivity index (χ0n) is 17.3. The fourth-order valence-corrected chi connectivity index (χ4v) is 4.80. The molecule has 1 aromatic heterocycles. The first-order valence-electron chi connectivity index (χ1n) is 10.7. The normalized spacial score (nSPS) is 22.2. The van der Waals surface area contributed by atoms with Crippen LogP contribution < -0.4 is 10.7 Å². The van der Waals surface area contributed by atoms with Crippen LogP contribution in [-0.2, 0) is 9.59 Å². The molecule has 3 aliphatic rings. The zero-order chi connectivity index (χ0) is 22.3. The van der Waals surface area contributed by atoms with Crippen molar-refractivity contribution in [1.29, 1.82) is 0 Å². The summed E-state index contributed by atoms with van der Waals surface area (Å²) in [4.78, 5) is 40.0. The Morgan fingerprint density at radius 1 is 1.12 bits per heavy atom. The fourth-order valence-electron chi connectivity index (χ4n) is 4.67. The summed E-state index contributed by atoms with van der Waals surface area (Å²) in [5.41, 5.74) is 3.80. The van der Waals surface area contributed by atoms with Gasteiger partial charge in [0.15, 0.2) is 0 Å². The minimum Gasteiger partial charge on any atom is -0.467 e. The minimum atomic E-state index is -0.860. The summed E-state index contributed by atoms with van der Waals surface area (Å²) in [7, 11) is 0. The van der Waals surface area contributed by atoms with E-state index in [9.17, 15) is 14.4 Å². The summed E-state index contributed by atoms with van der Waals surface area (Å²) < 4.78 is 5.54. The topological polar surface area (TPSA) is 94.9 Å². The van der Waals surface area contributed by atoms with Crippen molar-refractivity contribution >= 4 is 35.1 Å². The van der Waals surface area contributed by atoms with Gasteiger partial charge in [-0.05, 0) is 48.7 Å². The molecule has 1 aromatic carbocycles. The Hall–Kier alpha value is -3.26. The lowest BCUT2D eigenvalue weighted by Gasteiger charge is -2.30. The Bertz CT molecular complexity index is 1070. The van der Waals surface area contributed by atoms with E-state index in [1.165, 1.54) is 11.3 Å². The molecule has 2 aliphatic heterocycles. The van der Waals surface area contributed by atoms with E-state index >= 15 is 0 Å². The number of rotatable bonds is 4. The van der Waals surface area contributed by atoms with Gasteiger partial charge in [-0.1, -0.05) is 43.0 Å². The van der Waals surface area contributed by atoms with Crippen molar-refractivity contribution in [3.05, 3.63) is 65.1 Å². The maximum atomic E-state index is 13.3. The molecule has 2 aromatic rings. The maximum Gasteiger partial charge on any atom is 0.325 e. The van der Waals surface area contributed by atoms with Crippen molar-refractivity contribution < 1.29 is 18.8 Å². The molecule has 1 saturated heterocycles. The number of carbonyl (C=O) groups excluding carboxylic acids is 3. The number of hydrogen-bond acceptors (Lipinski definition) is 5. The number of nitrogens with zero attached hydrogens (tertiary/aromatic N) is 2. The van der Waals surface area contributed by atoms with Crippen LogP contribution in [0.25, 0.3) is 5.70 Å². The van der Waals surface area contributed by atoms with E-state index in [1.54, 1.807) is 24.3 Å². The van der Waals surface area contributed by atoms with Gasteiger partial charge in [0, 0.05) is 5.02 Å². The summed E-state index contributed by atoms with van der Waals surface area (Å²) in [5, 5.41) is 4.85. The highest BCUT2D eigenvalue weighted by atomic mass is 35.5. The van der Waals surface area contributed by atoms with Crippen LogP contribution in [0.1, 0.15) is 49.5 Å². The van der Waals surface area contributed by atoms with E-state index in [0.29, 0.717) is 29.3 Å². The van der Waals surface area contributed by atoms with Gasteiger partial charge < -0.3 is 9.73 Å². The Kier molecular flexibility index (Phi) is 5.17. The molecule has 5 rings (SSSR count). The number of hydrogen-bond donors (Lipinski definition) is 2. The van der Waals surface area contributed by atoms with Crippen LogP contribution in [0.4, 0.5) is 4.79 Å². The predicted octanol–water partition coefficient (Wildman–Crippen LogP) is 3.62. The molecule has 1 aliphatic carbocycles. The number of benzene rings is 1. The van der Waals surface area contributed by atoms with Crippen molar-refractivity contribution in [1.82, 2.24) is 20.7 Å². The van der Waals surface area contributed by atoms with Crippen molar-refractivity contribution in [3.8, 4) is 0 Å². The standard InChI is InChI=1S/C23H23ClN4O4/c24-16-8-6-15(7-9-16)17-13-18(19-5-4-12-32-19)28(26-17)20(29)14-27-21(30)23(25-22(27)31)10-2-1-3-11-23/h4-9,12-13,18,26H,1-3,10-11,14H2,(H,25,31)/t18-/m1/s1. The lowest BCUT2D eigenvalue weighted by molar-refractivity contribution is -0.141. The molecule has 0 unspecified atom stereocenters. The second kappa shape index (κ2) is 8.02. The van der Waals surface area contributed by atoms with E-state index in [-0.39, 0.29) is 12.5 Å². The fraction of sp³-hybridized carbons (Fsp3) is 0.348. The molecule has 1 atom stereocenters. The van der Waals surface area contributed by atoms with Gasteiger partial charge >= 0.3 is 6.03 Å². The second-order valence-electron chi connectivity index (χ2n) is 8.39. The van der Waals surface area contributed by atoms with E-state index in [1.807, 2.05) is 18.2 Å². The summed E-state index contributed by atoms with van der Waals surface area (Å²) in [5.74, 6) is -0.158.